The highest BCUT2D eigenvalue weighted by Crippen LogP contribution is 2.27. The summed E-state index contributed by atoms with van der Waals surface area (Å²) in [6, 6.07) is 1.93. The highest BCUT2D eigenvalue weighted by Gasteiger charge is 2.29. The van der Waals surface area contributed by atoms with Gasteiger partial charge < -0.3 is 14.3 Å². The zero-order chi connectivity index (χ0) is 16.6. The van der Waals surface area contributed by atoms with Crippen LogP contribution in [0.5, 0.6) is 0 Å². The lowest BCUT2D eigenvalue weighted by Gasteiger charge is -2.26. The van der Waals surface area contributed by atoms with Gasteiger partial charge in [-0.15, -0.1) is 0 Å². The Hall–Kier alpha value is -2.04. The van der Waals surface area contributed by atoms with E-state index < -0.39 is 0 Å². The fraction of sp³-hybridized carbons (Fsp3) is 0.556. The van der Waals surface area contributed by atoms with Crippen LogP contribution in [0.4, 0.5) is 0 Å². The smallest absolute Gasteiger partial charge is 0.226 e. The first-order chi connectivity index (χ1) is 11.0. The molecule has 2 heterocycles. The van der Waals surface area contributed by atoms with Gasteiger partial charge in [0.2, 0.25) is 5.91 Å². The lowest BCUT2D eigenvalue weighted by atomic mass is 9.89. The van der Waals surface area contributed by atoms with Crippen LogP contribution in [0.1, 0.15) is 54.7 Å². The molecule has 0 aromatic carbocycles. The van der Waals surface area contributed by atoms with Gasteiger partial charge in [0, 0.05) is 43.1 Å². The van der Waals surface area contributed by atoms with Crippen molar-refractivity contribution in [2.75, 3.05) is 7.05 Å². The van der Waals surface area contributed by atoms with Gasteiger partial charge in [-0.3, -0.25) is 4.79 Å². The number of carbonyl (C=O) groups excluding carboxylic acids is 1. The molecule has 3 rings (SSSR count). The van der Waals surface area contributed by atoms with Crippen LogP contribution >= 0.6 is 0 Å². The summed E-state index contributed by atoms with van der Waals surface area (Å²) < 4.78 is 5.31. The number of carbonyl (C=O) groups is 1. The van der Waals surface area contributed by atoms with E-state index in [4.69, 9.17) is 4.42 Å². The van der Waals surface area contributed by atoms with Crippen molar-refractivity contribution in [3.8, 4) is 0 Å². The van der Waals surface area contributed by atoms with E-state index in [0.717, 1.165) is 47.8 Å². The maximum atomic E-state index is 12.7. The molecule has 0 fully saturated rings. The first-order valence-electron chi connectivity index (χ1n) is 8.31. The minimum absolute atomic E-state index is 0.0418. The Morgan fingerprint density at radius 3 is 2.96 bits per heavy atom. The maximum Gasteiger partial charge on any atom is 0.226 e. The number of hydrogen-bond donors (Lipinski definition) is 1. The van der Waals surface area contributed by atoms with Crippen molar-refractivity contribution in [3.63, 3.8) is 0 Å². The number of aromatic amines is 1. The SMILES string of the molecule is Cc1occc1CN(C)C(=O)C1CCc2nc(C(C)C)[nH]c2C1. The van der Waals surface area contributed by atoms with E-state index in [1.165, 1.54) is 0 Å². The van der Waals surface area contributed by atoms with Gasteiger partial charge in [0.1, 0.15) is 11.6 Å². The predicted octanol–water partition coefficient (Wildman–Crippen LogP) is 3.20. The molecule has 0 saturated heterocycles. The van der Waals surface area contributed by atoms with E-state index in [1.807, 2.05) is 24.9 Å². The second-order valence-electron chi connectivity index (χ2n) is 6.84. The summed E-state index contributed by atoms with van der Waals surface area (Å²) in [4.78, 5) is 22.6. The molecule has 2 aromatic heterocycles. The number of nitrogens with zero attached hydrogens (tertiary/aromatic N) is 2. The Bertz CT molecular complexity index is 699. The third-order valence-corrected chi connectivity index (χ3v) is 4.71. The molecule has 5 nitrogen and oxygen atoms in total. The molecule has 0 aliphatic heterocycles. The number of hydrogen-bond acceptors (Lipinski definition) is 3. The zero-order valence-corrected chi connectivity index (χ0v) is 14.3. The van der Waals surface area contributed by atoms with Crippen LogP contribution in [0, 0.1) is 12.8 Å². The molecular formula is C18H25N3O2. The second kappa shape index (κ2) is 6.22. The Balaban J connectivity index is 1.67. The molecule has 1 amide bonds. The lowest BCUT2D eigenvalue weighted by Crippen LogP contribution is -2.35. The minimum atomic E-state index is 0.0418. The molecule has 5 heteroatoms. The van der Waals surface area contributed by atoms with Crippen LogP contribution in [0.25, 0.3) is 0 Å². The highest BCUT2D eigenvalue weighted by atomic mass is 16.3. The number of imidazole rings is 1. The lowest BCUT2D eigenvalue weighted by molar-refractivity contribution is -0.135. The van der Waals surface area contributed by atoms with Crippen molar-refractivity contribution in [2.45, 2.75) is 52.5 Å². The molecule has 1 aliphatic rings. The van der Waals surface area contributed by atoms with Gasteiger partial charge in [-0.2, -0.15) is 0 Å². The molecule has 0 saturated carbocycles. The molecule has 1 aliphatic carbocycles. The van der Waals surface area contributed by atoms with Crippen LogP contribution in [-0.4, -0.2) is 27.8 Å². The first-order valence-corrected chi connectivity index (χ1v) is 8.31. The number of rotatable bonds is 4. The van der Waals surface area contributed by atoms with Crippen LogP contribution in [0.3, 0.4) is 0 Å². The summed E-state index contributed by atoms with van der Waals surface area (Å²) >= 11 is 0. The van der Waals surface area contributed by atoms with Crippen LogP contribution < -0.4 is 0 Å². The number of aromatic nitrogens is 2. The van der Waals surface area contributed by atoms with Gasteiger partial charge in [0.05, 0.1) is 12.0 Å². The van der Waals surface area contributed by atoms with Gasteiger partial charge in [0.25, 0.3) is 0 Å². The third kappa shape index (κ3) is 3.19. The largest absolute Gasteiger partial charge is 0.469 e. The summed E-state index contributed by atoms with van der Waals surface area (Å²) in [7, 11) is 1.87. The van der Waals surface area contributed by atoms with Crippen molar-refractivity contribution in [2.24, 2.45) is 5.92 Å². The number of amides is 1. The van der Waals surface area contributed by atoms with Gasteiger partial charge in [-0.25, -0.2) is 4.98 Å². The van der Waals surface area contributed by atoms with Gasteiger partial charge in [-0.1, -0.05) is 13.8 Å². The molecule has 1 unspecified atom stereocenters. The molecule has 1 atom stereocenters. The number of fused-ring (bicyclic) bond motifs is 1. The number of H-pyrrole nitrogens is 1. The first kappa shape index (κ1) is 15.8. The fourth-order valence-electron chi connectivity index (χ4n) is 3.21. The van der Waals surface area contributed by atoms with Crippen molar-refractivity contribution in [1.29, 1.82) is 0 Å². The van der Waals surface area contributed by atoms with E-state index in [2.05, 4.69) is 23.8 Å². The van der Waals surface area contributed by atoms with Gasteiger partial charge in [-0.05, 0) is 25.8 Å². The Morgan fingerprint density at radius 2 is 2.30 bits per heavy atom. The maximum absolute atomic E-state index is 12.7. The minimum Gasteiger partial charge on any atom is -0.469 e. The van der Waals surface area contributed by atoms with Crippen LogP contribution in [0.2, 0.25) is 0 Å². The Kier molecular flexibility index (Phi) is 4.28. The number of nitrogens with one attached hydrogen (secondary N) is 1. The second-order valence-corrected chi connectivity index (χ2v) is 6.84. The summed E-state index contributed by atoms with van der Waals surface area (Å²) in [5, 5.41) is 0. The fourth-order valence-corrected chi connectivity index (χ4v) is 3.21. The Morgan fingerprint density at radius 1 is 1.52 bits per heavy atom. The van der Waals surface area contributed by atoms with Gasteiger partial charge >= 0.3 is 0 Å². The molecular weight excluding hydrogens is 290 g/mol. The summed E-state index contributed by atoms with van der Waals surface area (Å²) in [5.74, 6) is 2.55. The van der Waals surface area contributed by atoms with E-state index in [0.29, 0.717) is 12.5 Å². The predicted molar refractivity (Wildman–Crippen MR) is 88.1 cm³/mol. The zero-order valence-electron chi connectivity index (χ0n) is 14.3. The molecule has 124 valence electrons. The molecule has 1 N–H and O–H groups in total. The third-order valence-electron chi connectivity index (χ3n) is 4.71. The van der Waals surface area contributed by atoms with Crippen LogP contribution in [-0.2, 0) is 24.2 Å². The van der Waals surface area contributed by atoms with Crippen LogP contribution in [0.15, 0.2) is 16.7 Å². The van der Waals surface area contributed by atoms with Crippen molar-refractivity contribution in [3.05, 3.63) is 40.9 Å². The monoisotopic (exact) mass is 315 g/mol. The topological polar surface area (TPSA) is 62.1 Å². The summed E-state index contributed by atoms with van der Waals surface area (Å²) in [6.45, 7) is 6.80. The summed E-state index contributed by atoms with van der Waals surface area (Å²) in [5.41, 5.74) is 3.36. The van der Waals surface area contributed by atoms with E-state index in [1.54, 1.807) is 6.26 Å². The quantitative estimate of drug-likeness (QED) is 0.942. The summed E-state index contributed by atoms with van der Waals surface area (Å²) in [6.07, 6.45) is 4.20. The molecule has 0 bridgehead atoms. The highest BCUT2D eigenvalue weighted by molar-refractivity contribution is 5.79. The number of aryl methyl sites for hydroxylation is 2. The number of furan rings is 1. The van der Waals surface area contributed by atoms with Crippen molar-refractivity contribution in [1.82, 2.24) is 14.9 Å². The van der Waals surface area contributed by atoms with E-state index in [9.17, 15) is 4.79 Å². The van der Waals surface area contributed by atoms with E-state index >= 15 is 0 Å². The molecule has 23 heavy (non-hydrogen) atoms. The van der Waals surface area contributed by atoms with Gasteiger partial charge in [0.15, 0.2) is 0 Å². The average Bonchev–Trinajstić information content (AvgIpc) is 3.12. The molecule has 2 aromatic rings. The van der Waals surface area contributed by atoms with Crippen molar-refractivity contribution >= 4 is 5.91 Å². The Labute approximate surface area is 137 Å². The standard InChI is InChI=1S/C18H25N3O2/c1-11(2)17-19-15-6-5-13(9-16(15)20-17)18(22)21(4)10-14-7-8-23-12(14)3/h7-8,11,13H,5-6,9-10H2,1-4H3,(H,19,20). The average molecular weight is 315 g/mol. The van der Waals surface area contributed by atoms with Crippen molar-refractivity contribution < 1.29 is 9.21 Å². The normalized spacial score (nSPS) is 17.3. The van der Waals surface area contributed by atoms with E-state index in [-0.39, 0.29) is 11.8 Å². The molecule has 0 spiro atoms. The molecule has 0 radical (unpaired) electrons.